The molecule has 1 aliphatic carbocycles. The van der Waals surface area contributed by atoms with Gasteiger partial charge in [0.2, 0.25) is 0 Å². The Hall–Kier alpha value is -1.64. The van der Waals surface area contributed by atoms with Gasteiger partial charge in [0, 0.05) is 11.5 Å². The minimum atomic E-state index is -0.851. The maximum atomic E-state index is 11.6. The lowest BCUT2D eigenvalue weighted by atomic mass is 10.0. The highest BCUT2D eigenvalue weighted by Gasteiger charge is 2.30. The summed E-state index contributed by atoms with van der Waals surface area (Å²) >= 11 is 0. The largest absolute Gasteiger partial charge is 0.481 e. The molecule has 3 heteroatoms. The van der Waals surface area contributed by atoms with Crippen LogP contribution in [0.1, 0.15) is 42.6 Å². The molecule has 0 spiro atoms. The van der Waals surface area contributed by atoms with Crippen molar-refractivity contribution in [3.05, 3.63) is 35.4 Å². The summed E-state index contributed by atoms with van der Waals surface area (Å²) in [5.74, 6) is -0.441. The van der Waals surface area contributed by atoms with Gasteiger partial charge >= 0.3 is 5.97 Å². The highest BCUT2D eigenvalue weighted by molar-refractivity contribution is 5.99. The first-order valence-electron chi connectivity index (χ1n) is 6.02. The Kier molecular flexibility index (Phi) is 4.88. The van der Waals surface area contributed by atoms with Crippen molar-refractivity contribution < 1.29 is 14.7 Å². The molecule has 0 radical (unpaired) electrons. The van der Waals surface area contributed by atoms with E-state index in [4.69, 9.17) is 5.11 Å². The lowest BCUT2D eigenvalue weighted by Gasteiger charge is -2.00. The average molecular weight is 234 g/mol. The van der Waals surface area contributed by atoms with Crippen LogP contribution >= 0.6 is 0 Å². The minimum absolute atomic E-state index is 0.0118. The number of carboxylic acid groups (broad SMARTS) is 1. The SMILES string of the molecule is CC.O=C(O)Cc1ccc(C(=O)C2CC2)cc1. The van der Waals surface area contributed by atoms with Crippen molar-refractivity contribution in [2.45, 2.75) is 33.1 Å². The zero-order chi connectivity index (χ0) is 12.8. The summed E-state index contributed by atoms with van der Waals surface area (Å²) in [6.07, 6.45) is 2.00. The topological polar surface area (TPSA) is 54.4 Å². The van der Waals surface area contributed by atoms with E-state index in [1.54, 1.807) is 24.3 Å². The first kappa shape index (κ1) is 13.4. The number of hydrogen-bond donors (Lipinski definition) is 1. The van der Waals surface area contributed by atoms with Crippen molar-refractivity contribution in [2.75, 3.05) is 0 Å². The lowest BCUT2D eigenvalue weighted by molar-refractivity contribution is -0.136. The monoisotopic (exact) mass is 234 g/mol. The summed E-state index contributed by atoms with van der Waals surface area (Å²) in [6, 6.07) is 6.87. The molecule has 3 nitrogen and oxygen atoms in total. The highest BCUT2D eigenvalue weighted by Crippen LogP contribution is 2.32. The van der Waals surface area contributed by atoms with Gasteiger partial charge in [0.15, 0.2) is 5.78 Å². The maximum absolute atomic E-state index is 11.6. The molecule has 0 saturated heterocycles. The van der Waals surface area contributed by atoms with Gasteiger partial charge in [-0.15, -0.1) is 0 Å². The Morgan fingerprint density at radius 2 is 1.71 bits per heavy atom. The first-order valence-corrected chi connectivity index (χ1v) is 6.02. The molecule has 2 rings (SSSR count). The van der Waals surface area contributed by atoms with Gasteiger partial charge in [-0.1, -0.05) is 38.1 Å². The number of Topliss-reactive ketones (excluding diaryl/α,β-unsaturated/α-hetero) is 1. The standard InChI is InChI=1S/C12H12O3.C2H6/c13-11(14)7-8-1-3-9(4-2-8)12(15)10-5-6-10;1-2/h1-4,10H,5-7H2,(H,13,14);1-2H3. The molecular formula is C14H18O3. The first-order chi connectivity index (χ1) is 8.16. The van der Waals surface area contributed by atoms with E-state index in [-0.39, 0.29) is 18.1 Å². The quantitative estimate of drug-likeness (QED) is 0.815. The fraction of sp³-hybridized carbons (Fsp3) is 0.429. The summed E-state index contributed by atoms with van der Waals surface area (Å²) < 4.78 is 0. The fourth-order valence-electron chi connectivity index (χ4n) is 1.54. The van der Waals surface area contributed by atoms with Crippen LogP contribution in [0.5, 0.6) is 0 Å². The van der Waals surface area contributed by atoms with Crippen molar-refractivity contribution in [3.63, 3.8) is 0 Å². The number of carboxylic acids is 1. The number of carbonyl (C=O) groups is 2. The van der Waals surface area contributed by atoms with Crippen molar-refractivity contribution in [1.82, 2.24) is 0 Å². The molecule has 0 aliphatic heterocycles. The average Bonchev–Trinajstić information content (AvgIpc) is 3.15. The molecule has 0 aromatic heterocycles. The molecule has 17 heavy (non-hydrogen) atoms. The van der Waals surface area contributed by atoms with E-state index < -0.39 is 5.97 Å². The zero-order valence-corrected chi connectivity index (χ0v) is 10.3. The van der Waals surface area contributed by atoms with Crippen molar-refractivity contribution >= 4 is 11.8 Å². The predicted octanol–water partition coefficient (Wildman–Crippen LogP) is 2.93. The Morgan fingerprint density at radius 3 is 2.12 bits per heavy atom. The van der Waals surface area contributed by atoms with Crippen LogP contribution in [0.15, 0.2) is 24.3 Å². The predicted molar refractivity (Wildman–Crippen MR) is 66.2 cm³/mol. The Morgan fingerprint density at radius 1 is 1.18 bits per heavy atom. The second kappa shape index (κ2) is 6.18. The summed E-state index contributed by atoms with van der Waals surface area (Å²) in [5.41, 5.74) is 1.43. The van der Waals surface area contributed by atoms with E-state index in [0.29, 0.717) is 5.56 Å². The molecule has 1 N–H and O–H groups in total. The third kappa shape index (κ3) is 4.02. The normalized spacial score (nSPS) is 13.5. The number of ketones is 1. The molecule has 0 heterocycles. The molecule has 1 saturated carbocycles. The van der Waals surface area contributed by atoms with Gasteiger partial charge in [0.1, 0.15) is 0 Å². The van der Waals surface area contributed by atoms with Gasteiger partial charge in [0.05, 0.1) is 6.42 Å². The molecule has 1 aliphatic rings. The van der Waals surface area contributed by atoms with Crippen LogP contribution < -0.4 is 0 Å². The summed E-state index contributed by atoms with van der Waals surface area (Å²) in [5, 5.41) is 8.58. The van der Waals surface area contributed by atoms with Gasteiger partial charge in [-0.25, -0.2) is 0 Å². The number of hydrogen-bond acceptors (Lipinski definition) is 2. The van der Waals surface area contributed by atoms with Crippen LogP contribution in [0.25, 0.3) is 0 Å². The second-order valence-electron chi connectivity index (χ2n) is 3.91. The van der Waals surface area contributed by atoms with Gasteiger partial charge in [-0.3, -0.25) is 9.59 Å². The van der Waals surface area contributed by atoms with Crippen molar-refractivity contribution in [3.8, 4) is 0 Å². The van der Waals surface area contributed by atoms with Crippen LogP contribution in [0.2, 0.25) is 0 Å². The van der Waals surface area contributed by atoms with Crippen LogP contribution in [0.4, 0.5) is 0 Å². The molecule has 0 bridgehead atoms. The lowest BCUT2D eigenvalue weighted by Crippen LogP contribution is -2.03. The molecular weight excluding hydrogens is 216 g/mol. The second-order valence-corrected chi connectivity index (χ2v) is 3.91. The minimum Gasteiger partial charge on any atom is -0.481 e. The van der Waals surface area contributed by atoms with Crippen molar-refractivity contribution in [1.29, 1.82) is 0 Å². The third-order valence-electron chi connectivity index (χ3n) is 2.54. The number of aliphatic carboxylic acids is 1. The van der Waals surface area contributed by atoms with E-state index >= 15 is 0 Å². The molecule has 0 amide bonds. The Balaban J connectivity index is 0.000000686. The number of benzene rings is 1. The molecule has 92 valence electrons. The van der Waals surface area contributed by atoms with Crippen LogP contribution in [-0.2, 0) is 11.2 Å². The van der Waals surface area contributed by atoms with E-state index in [0.717, 1.165) is 18.4 Å². The summed E-state index contributed by atoms with van der Waals surface area (Å²) in [6.45, 7) is 4.00. The van der Waals surface area contributed by atoms with Gasteiger partial charge < -0.3 is 5.11 Å². The van der Waals surface area contributed by atoms with Gasteiger partial charge in [-0.2, -0.15) is 0 Å². The summed E-state index contributed by atoms with van der Waals surface area (Å²) in [4.78, 5) is 22.1. The molecule has 1 aromatic carbocycles. The third-order valence-corrected chi connectivity index (χ3v) is 2.54. The molecule has 1 aromatic rings. The number of carbonyl (C=O) groups excluding carboxylic acids is 1. The van der Waals surface area contributed by atoms with E-state index in [1.807, 2.05) is 13.8 Å². The van der Waals surface area contributed by atoms with E-state index in [1.165, 1.54) is 0 Å². The van der Waals surface area contributed by atoms with Crippen LogP contribution in [0.3, 0.4) is 0 Å². The molecule has 1 fully saturated rings. The van der Waals surface area contributed by atoms with E-state index in [2.05, 4.69) is 0 Å². The smallest absolute Gasteiger partial charge is 0.307 e. The molecule has 0 atom stereocenters. The Labute approximate surface area is 101 Å². The fourth-order valence-corrected chi connectivity index (χ4v) is 1.54. The maximum Gasteiger partial charge on any atom is 0.307 e. The van der Waals surface area contributed by atoms with E-state index in [9.17, 15) is 9.59 Å². The summed E-state index contributed by atoms with van der Waals surface area (Å²) in [7, 11) is 0. The van der Waals surface area contributed by atoms with Crippen LogP contribution in [-0.4, -0.2) is 16.9 Å². The number of rotatable bonds is 4. The van der Waals surface area contributed by atoms with Gasteiger partial charge in [-0.05, 0) is 18.4 Å². The molecule has 0 unspecified atom stereocenters. The zero-order valence-electron chi connectivity index (χ0n) is 10.3. The van der Waals surface area contributed by atoms with Crippen LogP contribution in [0, 0.1) is 5.92 Å². The highest BCUT2D eigenvalue weighted by atomic mass is 16.4. The van der Waals surface area contributed by atoms with Gasteiger partial charge in [0.25, 0.3) is 0 Å². The Bertz CT molecular complexity index is 388. The van der Waals surface area contributed by atoms with Crippen molar-refractivity contribution in [2.24, 2.45) is 5.92 Å².